The molecule has 1 saturated heterocycles. The number of aliphatic carboxylic acids is 1. The van der Waals surface area contributed by atoms with Gasteiger partial charge in [0.05, 0.1) is 6.42 Å². The van der Waals surface area contributed by atoms with Crippen molar-refractivity contribution in [2.75, 3.05) is 13.2 Å². The monoisotopic (exact) mass is 408 g/mol. The summed E-state index contributed by atoms with van der Waals surface area (Å²) in [5.41, 5.74) is 6.45. The van der Waals surface area contributed by atoms with Crippen LogP contribution in [0.5, 0.6) is 0 Å². The number of hydrogen-bond acceptors (Lipinski definition) is 3. The van der Waals surface area contributed by atoms with Crippen molar-refractivity contribution in [3.63, 3.8) is 0 Å². The number of fused-ring (bicyclic) bond motifs is 2. The van der Waals surface area contributed by atoms with Crippen LogP contribution in [0.15, 0.2) is 42.5 Å². The Labute approximate surface area is 179 Å². The number of carboxylic acid groups (broad SMARTS) is 1. The van der Waals surface area contributed by atoms with Gasteiger partial charge in [-0.05, 0) is 85.1 Å². The molecule has 0 amide bonds. The van der Waals surface area contributed by atoms with Gasteiger partial charge in [0.25, 0.3) is 0 Å². The molecule has 0 spiro atoms. The Hall–Kier alpha value is -2.17. The Kier molecular flexibility index (Phi) is 7.19. The Morgan fingerprint density at radius 3 is 2.80 bits per heavy atom. The maximum Gasteiger partial charge on any atom is 0.303 e. The number of rotatable bonds is 8. The van der Waals surface area contributed by atoms with Gasteiger partial charge in [-0.1, -0.05) is 42.5 Å². The molecule has 0 bridgehead atoms. The Bertz CT molecular complexity index is 854. The minimum absolute atomic E-state index is 0.00469. The van der Waals surface area contributed by atoms with Gasteiger partial charge in [-0.15, -0.1) is 0 Å². The summed E-state index contributed by atoms with van der Waals surface area (Å²) in [4.78, 5) is 11.4. The molecular weight excluding hydrogens is 376 g/mol. The van der Waals surface area contributed by atoms with Crippen LogP contribution >= 0.6 is 0 Å². The van der Waals surface area contributed by atoms with Crippen molar-refractivity contribution in [2.45, 2.75) is 70.0 Å². The van der Waals surface area contributed by atoms with Crippen molar-refractivity contribution in [1.82, 2.24) is 0 Å². The molecule has 4 nitrogen and oxygen atoms in total. The zero-order valence-electron chi connectivity index (χ0n) is 17.6. The topological polar surface area (TPSA) is 55.8 Å². The second-order valence-corrected chi connectivity index (χ2v) is 8.60. The maximum absolute atomic E-state index is 11.4. The Balaban J connectivity index is 1.36. The number of unbranched alkanes of at least 4 members (excludes halogenated alkanes) is 1. The van der Waals surface area contributed by atoms with Crippen molar-refractivity contribution in [1.29, 1.82) is 0 Å². The first-order chi connectivity index (χ1) is 14.7. The number of aryl methyl sites for hydroxylation is 1. The molecular formula is C26H32O4. The number of carbonyl (C=O) groups is 1. The highest BCUT2D eigenvalue weighted by atomic mass is 16.7. The first-order valence-corrected chi connectivity index (χ1v) is 11.3. The number of carboxylic acids is 1. The summed E-state index contributed by atoms with van der Waals surface area (Å²) in [6.45, 7) is 1.59. The largest absolute Gasteiger partial charge is 0.481 e. The highest BCUT2D eigenvalue weighted by molar-refractivity contribution is 5.68. The van der Waals surface area contributed by atoms with E-state index < -0.39 is 5.97 Å². The van der Waals surface area contributed by atoms with Crippen molar-refractivity contribution in [3.8, 4) is 0 Å². The Morgan fingerprint density at radius 1 is 1.07 bits per heavy atom. The van der Waals surface area contributed by atoms with E-state index in [2.05, 4.69) is 36.4 Å². The quantitative estimate of drug-likeness (QED) is 0.606. The molecule has 30 heavy (non-hydrogen) atoms. The van der Waals surface area contributed by atoms with Crippen LogP contribution in [-0.2, 0) is 33.5 Å². The molecule has 1 fully saturated rings. The maximum atomic E-state index is 11.4. The van der Waals surface area contributed by atoms with E-state index in [4.69, 9.17) is 9.47 Å². The van der Waals surface area contributed by atoms with Gasteiger partial charge >= 0.3 is 5.97 Å². The van der Waals surface area contributed by atoms with Crippen LogP contribution in [0.2, 0.25) is 0 Å². The van der Waals surface area contributed by atoms with Crippen LogP contribution < -0.4 is 0 Å². The summed E-state index contributed by atoms with van der Waals surface area (Å²) >= 11 is 0. The van der Waals surface area contributed by atoms with Crippen molar-refractivity contribution in [2.24, 2.45) is 0 Å². The molecule has 2 aromatic carbocycles. The SMILES string of the molecule is O=C(O)CC1Cc2ccc(CCCCOC3CCCCO3)cc2Cc2ccccc21. The predicted molar refractivity (Wildman–Crippen MR) is 117 cm³/mol. The number of hydrogen-bond donors (Lipinski definition) is 1. The van der Waals surface area contributed by atoms with Crippen LogP contribution in [0.4, 0.5) is 0 Å². The average Bonchev–Trinajstić information content (AvgIpc) is 2.90. The molecule has 0 radical (unpaired) electrons. The predicted octanol–water partition coefficient (Wildman–Crippen LogP) is 5.26. The fourth-order valence-corrected chi connectivity index (χ4v) is 4.75. The lowest BCUT2D eigenvalue weighted by molar-refractivity contribution is -0.162. The molecule has 2 atom stereocenters. The van der Waals surface area contributed by atoms with E-state index in [9.17, 15) is 9.90 Å². The van der Waals surface area contributed by atoms with Crippen LogP contribution in [0.25, 0.3) is 0 Å². The summed E-state index contributed by atoms with van der Waals surface area (Å²) in [7, 11) is 0. The molecule has 2 aromatic rings. The van der Waals surface area contributed by atoms with E-state index in [1.54, 1.807) is 0 Å². The lowest BCUT2D eigenvalue weighted by Gasteiger charge is -2.22. The van der Waals surface area contributed by atoms with Gasteiger partial charge in [0.2, 0.25) is 0 Å². The molecule has 1 heterocycles. The van der Waals surface area contributed by atoms with E-state index in [-0.39, 0.29) is 18.6 Å². The molecule has 0 aromatic heterocycles. The molecule has 2 aliphatic rings. The van der Waals surface area contributed by atoms with Gasteiger partial charge < -0.3 is 14.6 Å². The summed E-state index contributed by atoms with van der Waals surface area (Å²) in [6, 6.07) is 15.1. The van der Waals surface area contributed by atoms with Gasteiger partial charge in [0.1, 0.15) is 0 Å². The average molecular weight is 409 g/mol. The minimum Gasteiger partial charge on any atom is -0.481 e. The van der Waals surface area contributed by atoms with Gasteiger partial charge in [-0.25, -0.2) is 0 Å². The van der Waals surface area contributed by atoms with Crippen LogP contribution in [-0.4, -0.2) is 30.6 Å². The molecule has 1 aliphatic heterocycles. The lowest BCUT2D eigenvalue weighted by Crippen LogP contribution is -2.22. The van der Waals surface area contributed by atoms with Gasteiger partial charge in [0.15, 0.2) is 6.29 Å². The van der Waals surface area contributed by atoms with E-state index in [0.717, 1.165) is 58.2 Å². The molecule has 4 heteroatoms. The molecule has 1 N–H and O–H groups in total. The molecule has 1 aliphatic carbocycles. The van der Waals surface area contributed by atoms with Crippen molar-refractivity contribution < 1.29 is 19.4 Å². The highest BCUT2D eigenvalue weighted by Crippen LogP contribution is 2.34. The zero-order valence-corrected chi connectivity index (χ0v) is 17.6. The number of ether oxygens (including phenoxy) is 2. The van der Waals surface area contributed by atoms with Crippen molar-refractivity contribution in [3.05, 3.63) is 70.3 Å². The third-order valence-electron chi connectivity index (χ3n) is 6.34. The van der Waals surface area contributed by atoms with Crippen LogP contribution in [0.1, 0.15) is 72.3 Å². The molecule has 160 valence electrons. The summed E-state index contributed by atoms with van der Waals surface area (Å²) in [5.74, 6) is -0.680. The van der Waals surface area contributed by atoms with Gasteiger partial charge in [-0.2, -0.15) is 0 Å². The van der Waals surface area contributed by atoms with Gasteiger partial charge in [-0.3, -0.25) is 4.79 Å². The van der Waals surface area contributed by atoms with Crippen molar-refractivity contribution >= 4 is 5.97 Å². The van der Waals surface area contributed by atoms with E-state index >= 15 is 0 Å². The second kappa shape index (κ2) is 10.2. The molecule has 2 unspecified atom stereocenters. The lowest BCUT2D eigenvalue weighted by atomic mass is 9.89. The third-order valence-corrected chi connectivity index (χ3v) is 6.34. The van der Waals surface area contributed by atoms with Crippen LogP contribution in [0.3, 0.4) is 0 Å². The smallest absolute Gasteiger partial charge is 0.303 e. The molecule has 4 rings (SSSR count). The minimum atomic E-state index is -0.726. The number of benzene rings is 2. The van der Waals surface area contributed by atoms with E-state index in [0.29, 0.717) is 0 Å². The fourth-order valence-electron chi connectivity index (χ4n) is 4.75. The normalized spacial score (nSPS) is 20.8. The standard InChI is InChI=1S/C26H32O4/c27-25(28)18-23-16-20-12-11-19(7-3-5-13-29-26-10-4-6-14-30-26)15-22(20)17-21-8-1-2-9-24(21)23/h1-2,8-9,11-12,15,23,26H,3-7,10,13-14,16-18H2,(H,27,28). The first kappa shape index (κ1) is 21.1. The van der Waals surface area contributed by atoms with Crippen LogP contribution in [0, 0.1) is 0 Å². The first-order valence-electron chi connectivity index (χ1n) is 11.3. The fraction of sp³-hybridized carbons (Fsp3) is 0.500. The van der Waals surface area contributed by atoms with Gasteiger partial charge in [0, 0.05) is 13.2 Å². The zero-order chi connectivity index (χ0) is 20.8. The summed E-state index contributed by atoms with van der Waals surface area (Å²) in [5, 5.41) is 9.38. The molecule has 0 saturated carbocycles. The highest BCUT2D eigenvalue weighted by Gasteiger charge is 2.24. The summed E-state index contributed by atoms with van der Waals surface area (Å²) in [6.07, 6.45) is 8.44. The van der Waals surface area contributed by atoms with E-state index in [1.807, 2.05) is 6.07 Å². The Morgan fingerprint density at radius 2 is 1.97 bits per heavy atom. The summed E-state index contributed by atoms with van der Waals surface area (Å²) < 4.78 is 11.5. The third kappa shape index (κ3) is 5.50. The second-order valence-electron chi connectivity index (χ2n) is 8.60. The van der Waals surface area contributed by atoms with E-state index in [1.165, 1.54) is 34.2 Å².